The second-order valence-electron chi connectivity index (χ2n) is 8.85. The molecule has 0 radical (unpaired) electrons. The van der Waals surface area contributed by atoms with Crippen LogP contribution in [0.3, 0.4) is 0 Å². The lowest BCUT2D eigenvalue weighted by Crippen LogP contribution is -2.37. The van der Waals surface area contributed by atoms with Crippen molar-refractivity contribution in [2.45, 2.75) is 51.0 Å². The van der Waals surface area contributed by atoms with Crippen molar-refractivity contribution in [3.8, 4) is 5.75 Å². The Bertz CT molecular complexity index is 1160. The molecule has 3 aliphatic rings. The van der Waals surface area contributed by atoms with E-state index < -0.39 is 5.92 Å². The van der Waals surface area contributed by atoms with E-state index in [1.807, 2.05) is 43.4 Å². The summed E-state index contributed by atoms with van der Waals surface area (Å²) < 4.78 is 6.25. The van der Waals surface area contributed by atoms with Crippen molar-refractivity contribution in [3.05, 3.63) is 86.2 Å². The molecule has 4 nitrogen and oxygen atoms in total. The molecule has 2 aromatic carbocycles. The summed E-state index contributed by atoms with van der Waals surface area (Å²) in [4.78, 5) is 28.6. The zero-order valence-corrected chi connectivity index (χ0v) is 20.0. The van der Waals surface area contributed by atoms with E-state index in [-0.39, 0.29) is 11.6 Å². The fourth-order valence-electron chi connectivity index (χ4n) is 5.34. The van der Waals surface area contributed by atoms with Crippen LogP contribution in [-0.2, 0) is 16.2 Å². The Balaban J connectivity index is 1.68. The quantitative estimate of drug-likeness (QED) is 0.492. The van der Waals surface area contributed by atoms with Crippen molar-refractivity contribution in [3.63, 3.8) is 0 Å². The summed E-state index contributed by atoms with van der Waals surface area (Å²) in [5.41, 5.74) is 5.10. The van der Waals surface area contributed by atoms with Crippen LogP contribution in [0.4, 0.5) is 0 Å². The van der Waals surface area contributed by atoms with Crippen molar-refractivity contribution >= 4 is 34.8 Å². The Morgan fingerprint density at radius 3 is 2.12 bits per heavy atom. The van der Waals surface area contributed by atoms with Crippen LogP contribution in [0.5, 0.6) is 5.75 Å². The van der Waals surface area contributed by atoms with Crippen LogP contribution in [0, 0.1) is 0 Å². The number of benzene rings is 2. The lowest BCUT2D eigenvalue weighted by atomic mass is 9.71. The predicted molar refractivity (Wildman–Crippen MR) is 130 cm³/mol. The lowest BCUT2D eigenvalue weighted by molar-refractivity contribution is -0.117. The molecule has 0 aromatic heterocycles. The average Bonchev–Trinajstić information content (AvgIpc) is 2.80. The predicted octanol–water partition coefficient (Wildman–Crippen LogP) is 6.62. The lowest BCUT2D eigenvalue weighted by Gasteiger charge is -2.42. The number of ether oxygens (including phenoxy) is 1. The molecule has 0 spiro atoms. The van der Waals surface area contributed by atoms with Gasteiger partial charge < -0.3 is 9.64 Å². The summed E-state index contributed by atoms with van der Waals surface area (Å²) in [5.74, 6) is 0.148. The fourth-order valence-corrected chi connectivity index (χ4v) is 5.90. The highest BCUT2D eigenvalue weighted by Gasteiger charge is 2.43. The van der Waals surface area contributed by atoms with Gasteiger partial charge in [-0.2, -0.15) is 0 Å². The van der Waals surface area contributed by atoms with E-state index in [1.54, 1.807) is 6.07 Å². The molecule has 0 fully saturated rings. The van der Waals surface area contributed by atoms with Gasteiger partial charge in [0, 0.05) is 58.9 Å². The third-order valence-corrected chi connectivity index (χ3v) is 7.32. The summed E-state index contributed by atoms with van der Waals surface area (Å²) in [6, 6.07) is 13.3. The SMILES string of the molecule is CN1C2=C(C(=O)CCC2)C(c2cc(Cl)cc(Cl)c2OCc2ccccc2)C2=C1CCCC2=O. The van der Waals surface area contributed by atoms with Gasteiger partial charge in [0.25, 0.3) is 0 Å². The van der Waals surface area contributed by atoms with Crippen LogP contribution in [-0.4, -0.2) is 23.5 Å². The molecule has 6 heteroatoms. The van der Waals surface area contributed by atoms with Crippen LogP contribution in [0.2, 0.25) is 10.0 Å². The van der Waals surface area contributed by atoms with Crippen LogP contribution in [0.15, 0.2) is 65.0 Å². The minimum Gasteiger partial charge on any atom is -0.487 e. The standard InChI is InChI=1S/C27H25Cl2NO3/c1-30-20-9-5-11-22(31)25(20)24(26-21(30)10-6-12-23(26)32)18-13-17(28)14-19(29)27(18)33-15-16-7-3-2-4-8-16/h2-4,7-8,13-14,24H,5-6,9-12,15H2,1H3. The molecule has 1 heterocycles. The molecule has 0 saturated heterocycles. The minimum atomic E-state index is -0.506. The molecule has 0 unspecified atom stereocenters. The van der Waals surface area contributed by atoms with Crippen molar-refractivity contribution in [1.29, 1.82) is 0 Å². The molecule has 0 bridgehead atoms. The molecule has 170 valence electrons. The van der Waals surface area contributed by atoms with Crippen LogP contribution >= 0.6 is 23.2 Å². The summed E-state index contributed by atoms with van der Waals surface area (Å²) in [7, 11) is 1.98. The van der Waals surface area contributed by atoms with Crippen molar-refractivity contribution < 1.29 is 14.3 Å². The Hall–Kier alpha value is -2.56. The molecule has 2 aromatic rings. The molecular weight excluding hydrogens is 457 g/mol. The third kappa shape index (κ3) is 4.00. The topological polar surface area (TPSA) is 46.6 Å². The van der Waals surface area contributed by atoms with Crippen LogP contribution in [0.25, 0.3) is 0 Å². The maximum Gasteiger partial charge on any atom is 0.161 e. The first kappa shape index (κ1) is 22.2. The number of allylic oxidation sites excluding steroid dienone is 4. The molecule has 5 rings (SSSR count). The van der Waals surface area contributed by atoms with E-state index in [2.05, 4.69) is 4.90 Å². The van der Waals surface area contributed by atoms with Gasteiger partial charge >= 0.3 is 0 Å². The number of hydrogen-bond acceptors (Lipinski definition) is 4. The van der Waals surface area contributed by atoms with Gasteiger partial charge in [-0.05, 0) is 43.4 Å². The molecular formula is C27H25Cl2NO3. The van der Waals surface area contributed by atoms with E-state index in [1.165, 1.54) is 0 Å². The van der Waals surface area contributed by atoms with Crippen molar-refractivity contribution in [2.75, 3.05) is 7.05 Å². The van der Waals surface area contributed by atoms with Gasteiger partial charge in [0.15, 0.2) is 11.6 Å². The highest BCUT2D eigenvalue weighted by molar-refractivity contribution is 6.35. The molecule has 0 atom stereocenters. The number of Topliss-reactive ketones (excluding diaryl/α,β-unsaturated/α-hetero) is 2. The van der Waals surface area contributed by atoms with Gasteiger partial charge in [-0.1, -0.05) is 53.5 Å². The number of hydrogen-bond donors (Lipinski definition) is 0. The van der Waals surface area contributed by atoms with Crippen LogP contribution in [0.1, 0.15) is 55.6 Å². The Morgan fingerprint density at radius 2 is 1.52 bits per heavy atom. The normalized spacial score (nSPS) is 19.1. The van der Waals surface area contributed by atoms with Gasteiger partial charge in [-0.3, -0.25) is 9.59 Å². The zero-order valence-electron chi connectivity index (χ0n) is 18.5. The Kier molecular flexibility index (Phi) is 6.07. The highest BCUT2D eigenvalue weighted by atomic mass is 35.5. The largest absolute Gasteiger partial charge is 0.487 e. The first-order valence-corrected chi connectivity index (χ1v) is 12.1. The Morgan fingerprint density at radius 1 is 0.909 bits per heavy atom. The number of halogens is 2. The second-order valence-corrected chi connectivity index (χ2v) is 9.69. The fraction of sp³-hybridized carbons (Fsp3) is 0.333. The third-order valence-electron chi connectivity index (χ3n) is 6.82. The monoisotopic (exact) mass is 481 g/mol. The number of rotatable bonds is 4. The molecule has 33 heavy (non-hydrogen) atoms. The molecule has 1 aliphatic heterocycles. The van der Waals surface area contributed by atoms with Crippen molar-refractivity contribution in [2.24, 2.45) is 0 Å². The van der Waals surface area contributed by atoms with E-state index in [0.717, 1.165) is 42.6 Å². The molecule has 0 saturated carbocycles. The molecule has 2 aliphatic carbocycles. The van der Waals surface area contributed by atoms with E-state index in [0.29, 0.717) is 52.0 Å². The van der Waals surface area contributed by atoms with E-state index >= 15 is 0 Å². The highest BCUT2D eigenvalue weighted by Crippen LogP contribution is 2.52. The first-order chi connectivity index (χ1) is 16.0. The molecule has 0 N–H and O–H groups in total. The second kappa shape index (κ2) is 9.00. The summed E-state index contributed by atoms with van der Waals surface area (Å²) >= 11 is 13.1. The Labute approximate surface area is 203 Å². The van der Waals surface area contributed by atoms with Crippen molar-refractivity contribution in [1.82, 2.24) is 4.90 Å². The van der Waals surface area contributed by atoms with Crippen LogP contribution < -0.4 is 4.74 Å². The number of carbonyl (C=O) groups excluding carboxylic acids is 2. The number of carbonyl (C=O) groups is 2. The van der Waals surface area contributed by atoms with E-state index in [4.69, 9.17) is 27.9 Å². The first-order valence-electron chi connectivity index (χ1n) is 11.4. The van der Waals surface area contributed by atoms with Gasteiger partial charge in [0.1, 0.15) is 12.4 Å². The maximum absolute atomic E-state index is 13.3. The average molecular weight is 482 g/mol. The number of ketones is 2. The number of nitrogens with zero attached hydrogens (tertiary/aromatic N) is 1. The molecule has 0 amide bonds. The zero-order chi connectivity index (χ0) is 23.1. The van der Waals surface area contributed by atoms with Gasteiger partial charge in [-0.25, -0.2) is 0 Å². The minimum absolute atomic E-state index is 0.0862. The summed E-state index contributed by atoms with van der Waals surface area (Å²) in [6.07, 6.45) is 4.22. The van der Waals surface area contributed by atoms with E-state index in [9.17, 15) is 9.59 Å². The smallest absolute Gasteiger partial charge is 0.161 e. The van der Waals surface area contributed by atoms with Gasteiger partial charge in [0.2, 0.25) is 0 Å². The summed E-state index contributed by atoms with van der Waals surface area (Å²) in [6.45, 7) is 0.321. The maximum atomic E-state index is 13.3. The summed E-state index contributed by atoms with van der Waals surface area (Å²) in [5, 5.41) is 0.833. The van der Waals surface area contributed by atoms with Gasteiger partial charge in [-0.15, -0.1) is 0 Å². The van der Waals surface area contributed by atoms with Gasteiger partial charge in [0.05, 0.1) is 5.02 Å².